The van der Waals surface area contributed by atoms with Gasteiger partial charge in [0, 0.05) is 13.1 Å². The Labute approximate surface area is 121 Å². The van der Waals surface area contributed by atoms with Gasteiger partial charge >= 0.3 is 0 Å². The SMILES string of the molecule is COc1c(N)cc(F)cc1-c1noc(CN(C)[SH](=O)=O)n1. The van der Waals surface area contributed by atoms with Crippen molar-refractivity contribution in [2.24, 2.45) is 0 Å². The standard InChI is InChI=1S/C11H13FN4O4S/c1-16(21(17)18)5-9-14-11(15-20-9)7-3-6(12)4-8(13)10(7)19-2/h3-4,21H,5,13H2,1-2H3. The van der Waals surface area contributed by atoms with Crippen LogP contribution in [0.5, 0.6) is 5.75 Å². The Morgan fingerprint density at radius 3 is 2.81 bits per heavy atom. The lowest BCUT2D eigenvalue weighted by molar-refractivity contribution is 0.340. The number of aromatic nitrogens is 2. The molecule has 10 heteroatoms. The number of benzene rings is 1. The molecule has 114 valence electrons. The zero-order valence-corrected chi connectivity index (χ0v) is 12.1. The Hall–Kier alpha value is -2.20. The van der Waals surface area contributed by atoms with Crippen molar-refractivity contribution in [1.29, 1.82) is 0 Å². The number of nitrogen functional groups attached to an aromatic ring is 1. The zero-order chi connectivity index (χ0) is 15.6. The van der Waals surface area contributed by atoms with Crippen LogP contribution in [-0.2, 0) is 17.4 Å². The van der Waals surface area contributed by atoms with Crippen molar-refractivity contribution >= 4 is 16.6 Å². The van der Waals surface area contributed by atoms with E-state index < -0.39 is 16.7 Å². The van der Waals surface area contributed by atoms with E-state index in [1.807, 2.05) is 0 Å². The van der Waals surface area contributed by atoms with Gasteiger partial charge in [0.2, 0.25) is 22.6 Å². The molecular weight excluding hydrogens is 303 g/mol. The summed E-state index contributed by atoms with van der Waals surface area (Å²) in [5, 5.41) is 3.68. The molecular formula is C11H13FN4O4S. The fraction of sp³-hybridized carbons (Fsp3) is 0.273. The van der Waals surface area contributed by atoms with E-state index in [2.05, 4.69) is 10.1 Å². The Kier molecular flexibility index (Phi) is 4.38. The minimum Gasteiger partial charge on any atom is -0.494 e. The van der Waals surface area contributed by atoms with Gasteiger partial charge in [0.05, 0.1) is 24.9 Å². The summed E-state index contributed by atoms with van der Waals surface area (Å²) < 4.78 is 46.0. The highest BCUT2D eigenvalue weighted by molar-refractivity contribution is 7.69. The Bertz CT molecular complexity index is 723. The number of halogens is 1. The number of rotatable bonds is 5. The van der Waals surface area contributed by atoms with E-state index in [9.17, 15) is 12.8 Å². The highest BCUT2D eigenvalue weighted by Gasteiger charge is 2.18. The third-order valence-electron chi connectivity index (χ3n) is 2.64. The van der Waals surface area contributed by atoms with E-state index >= 15 is 0 Å². The number of nitrogens with zero attached hydrogens (tertiary/aromatic N) is 3. The minimum absolute atomic E-state index is 0.0579. The van der Waals surface area contributed by atoms with E-state index in [0.29, 0.717) is 0 Å². The Morgan fingerprint density at radius 2 is 2.19 bits per heavy atom. The van der Waals surface area contributed by atoms with Gasteiger partial charge < -0.3 is 15.0 Å². The molecule has 1 aromatic carbocycles. The Balaban J connectivity index is 2.38. The van der Waals surface area contributed by atoms with Crippen LogP contribution < -0.4 is 10.5 Å². The van der Waals surface area contributed by atoms with Gasteiger partial charge in [-0.1, -0.05) is 5.16 Å². The van der Waals surface area contributed by atoms with Gasteiger partial charge in [0.1, 0.15) is 5.82 Å². The second-order valence-electron chi connectivity index (χ2n) is 4.14. The molecule has 2 N–H and O–H groups in total. The van der Waals surface area contributed by atoms with Crippen LogP contribution in [0, 0.1) is 5.82 Å². The van der Waals surface area contributed by atoms with Crippen LogP contribution in [0.2, 0.25) is 0 Å². The lowest BCUT2D eigenvalue weighted by Gasteiger charge is -2.08. The number of hydrogen-bond donors (Lipinski definition) is 2. The summed E-state index contributed by atoms with van der Waals surface area (Å²) in [6.07, 6.45) is 0. The van der Waals surface area contributed by atoms with Crippen molar-refractivity contribution in [3.8, 4) is 17.1 Å². The van der Waals surface area contributed by atoms with Crippen LogP contribution in [0.25, 0.3) is 11.4 Å². The fourth-order valence-corrected chi connectivity index (χ4v) is 1.93. The lowest BCUT2D eigenvalue weighted by atomic mass is 10.1. The van der Waals surface area contributed by atoms with E-state index in [1.165, 1.54) is 14.2 Å². The van der Waals surface area contributed by atoms with Gasteiger partial charge in [0.25, 0.3) is 0 Å². The first-order valence-corrected chi connectivity index (χ1v) is 6.86. The van der Waals surface area contributed by atoms with E-state index in [-0.39, 0.29) is 35.3 Å². The molecule has 21 heavy (non-hydrogen) atoms. The monoisotopic (exact) mass is 316 g/mol. The topological polar surface area (TPSA) is 112 Å². The molecule has 2 aromatic rings. The molecule has 0 fully saturated rings. The average Bonchev–Trinajstić information content (AvgIpc) is 2.86. The molecule has 0 bridgehead atoms. The molecule has 1 aromatic heterocycles. The molecule has 0 saturated heterocycles. The number of nitrogens with two attached hydrogens (primary N) is 1. The van der Waals surface area contributed by atoms with Crippen LogP contribution in [0.3, 0.4) is 0 Å². The summed E-state index contributed by atoms with van der Waals surface area (Å²) in [5.74, 6) is -0.236. The van der Waals surface area contributed by atoms with Gasteiger partial charge in [-0.2, -0.15) is 9.29 Å². The van der Waals surface area contributed by atoms with Crippen molar-refractivity contribution in [3.63, 3.8) is 0 Å². The summed E-state index contributed by atoms with van der Waals surface area (Å²) in [7, 11) is -0.0127. The van der Waals surface area contributed by atoms with Crippen molar-refractivity contribution < 1.29 is 22.1 Å². The maximum atomic E-state index is 13.4. The first-order chi connectivity index (χ1) is 9.92. The number of hydrogen-bond acceptors (Lipinski definition) is 7. The normalized spacial score (nSPS) is 11.3. The van der Waals surface area contributed by atoms with E-state index in [1.54, 1.807) is 0 Å². The number of ether oxygens (including phenoxy) is 1. The molecule has 1 heterocycles. The number of methoxy groups -OCH3 is 1. The second kappa shape index (κ2) is 6.06. The molecule has 0 saturated carbocycles. The highest BCUT2D eigenvalue weighted by Crippen LogP contribution is 2.34. The third kappa shape index (κ3) is 3.28. The summed E-state index contributed by atoms with van der Waals surface area (Å²) in [6, 6.07) is 2.26. The van der Waals surface area contributed by atoms with Gasteiger partial charge in [-0.3, -0.25) is 0 Å². The molecule has 0 amide bonds. The molecule has 0 aliphatic rings. The average molecular weight is 316 g/mol. The van der Waals surface area contributed by atoms with E-state index in [4.69, 9.17) is 15.0 Å². The quantitative estimate of drug-likeness (QED) is 0.607. The fourth-order valence-electron chi connectivity index (χ4n) is 1.69. The van der Waals surface area contributed by atoms with Crippen LogP contribution in [0.4, 0.5) is 10.1 Å². The largest absolute Gasteiger partial charge is 0.494 e. The molecule has 8 nitrogen and oxygen atoms in total. The molecule has 0 spiro atoms. The van der Waals surface area contributed by atoms with Crippen molar-refractivity contribution in [2.75, 3.05) is 19.9 Å². The molecule has 0 radical (unpaired) electrons. The second-order valence-corrected chi connectivity index (χ2v) is 5.30. The van der Waals surface area contributed by atoms with Crippen LogP contribution in [0.15, 0.2) is 16.7 Å². The summed E-state index contributed by atoms with van der Waals surface area (Å²) in [4.78, 5) is 4.00. The smallest absolute Gasteiger partial charge is 0.242 e. The molecule has 0 atom stereocenters. The van der Waals surface area contributed by atoms with Gasteiger partial charge in [-0.15, -0.1) is 0 Å². The highest BCUT2D eigenvalue weighted by atomic mass is 32.2. The molecule has 2 rings (SSSR count). The maximum Gasteiger partial charge on any atom is 0.242 e. The summed E-state index contributed by atoms with van der Waals surface area (Å²) >= 11 is 0. The lowest BCUT2D eigenvalue weighted by Crippen LogP contribution is -2.15. The molecule has 0 aliphatic carbocycles. The summed E-state index contributed by atoms with van der Waals surface area (Å²) in [5.41, 5.74) is 5.98. The predicted molar refractivity (Wildman–Crippen MR) is 72.4 cm³/mol. The predicted octanol–water partition coefficient (Wildman–Crippen LogP) is 0.425. The molecule has 0 aliphatic heterocycles. The maximum absolute atomic E-state index is 13.4. The van der Waals surface area contributed by atoms with Gasteiger partial charge in [-0.25, -0.2) is 12.8 Å². The minimum atomic E-state index is -2.75. The van der Waals surface area contributed by atoms with Gasteiger partial charge in [-0.05, 0) is 6.07 Å². The van der Waals surface area contributed by atoms with Crippen molar-refractivity contribution in [2.45, 2.75) is 6.54 Å². The van der Waals surface area contributed by atoms with Crippen LogP contribution in [-0.4, -0.2) is 37.0 Å². The van der Waals surface area contributed by atoms with Crippen LogP contribution in [0.1, 0.15) is 5.89 Å². The van der Waals surface area contributed by atoms with Gasteiger partial charge in [0.15, 0.2) is 5.75 Å². The third-order valence-corrected chi connectivity index (χ3v) is 3.34. The first-order valence-electron chi connectivity index (χ1n) is 5.73. The first kappa shape index (κ1) is 15.2. The van der Waals surface area contributed by atoms with Crippen molar-refractivity contribution in [1.82, 2.24) is 14.4 Å². The van der Waals surface area contributed by atoms with Crippen molar-refractivity contribution in [3.05, 3.63) is 23.8 Å². The zero-order valence-electron chi connectivity index (χ0n) is 11.2. The van der Waals surface area contributed by atoms with E-state index in [0.717, 1.165) is 16.4 Å². The number of thiol groups is 1. The Morgan fingerprint density at radius 1 is 1.48 bits per heavy atom. The van der Waals surface area contributed by atoms with Crippen LogP contribution >= 0.6 is 0 Å². The molecule has 0 unspecified atom stereocenters. The summed E-state index contributed by atoms with van der Waals surface area (Å²) in [6.45, 7) is -0.0845. The number of anilines is 1.